The van der Waals surface area contributed by atoms with E-state index in [9.17, 15) is 4.79 Å². The molecule has 0 aromatic heterocycles. The molecule has 0 radical (unpaired) electrons. The van der Waals surface area contributed by atoms with Crippen LogP contribution in [0.1, 0.15) is 30.5 Å². The summed E-state index contributed by atoms with van der Waals surface area (Å²) in [5.41, 5.74) is 8.05. The van der Waals surface area contributed by atoms with Gasteiger partial charge in [-0.25, -0.2) is 0 Å². The van der Waals surface area contributed by atoms with Crippen molar-refractivity contribution >= 4 is 34.2 Å². The van der Waals surface area contributed by atoms with Gasteiger partial charge in [0.25, 0.3) is 0 Å². The van der Waals surface area contributed by atoms with Gasteiger partial charge >= 0.3 is 0 Å². The molecular formula is C13H18BrClN2O. The van der Waals surface area contributed by atoms with Crippen LogP contribution in [0, 0.1) is 5.92 Å². The average molecular weight is 334 g/mol. The van der Waals surface area contributed by atoms with Gasteiger partial charge in [0.05, 0.1) is 6.04 Å². The van der Waals surface area contributed by atoms with Gasteiger partial charge in [-0.2, -0.15) is 0 Å². The predicted molar refractivity (Wildman–Crippen MR) is 78.8 cm³/mol. The van der Waals surface area contributed by atoms with Crippen LogP contribution in [-0.2, 0) is 11.2 Å². The highest BCUT2D eigenvalue weighted by Gasteiger charge is 2.26. The Morgan fingerprint density at radius 1 is 1.61 bits per heavy atom. The van der Waals surface area contributed by atoms with Crippen LogP contribution in [0.3, 0.4) is 0 Å². The third kappa shape index (κ3) is 3.05. The van der Waals surface area contributed by atoms with E-state index in [0.29, 0.717) is 6.54 Å². The molecule has 0 saturated heterocycles. The number of carbonyl (C=O) groups excluding carboxylic acids is 1. The number of nitrogens with two attached hydrogens (primary N) is 1. The monoisotopic (exact) mass is 332 g/mol. The molecule has 2 atom stereocenters. The molecule has 100 valence electrons. The fourth-order valence-corrected chi connectivity index (χ4v) is 2.76. The molecule has 0 heterocycles. The fraction of sp³-hybridized carbons (Fsp3) is 0.462. The van der Waals surface area contributed by atoms with Crippen molar-refractivity contribution in [1.82, 2.24) is 5.32 Å². The largest absolute Gasteiger partial charge is 0.349 e. The molecule has 3 nitrogen and oxygen atoms in total. The Hall–Kier alpha value is -0.580. The number of nitrogens with one attached hydrogen (secondary N) is 1. The van der Waals surface area contributed by atoms with Gasteiger partial charge in [0.1, 0.15) is 0 Å². The molecule has 0 fully saturated rings. The molecule has 0 saturated carbocycles. The van der Waals surface area contributed by atoms with Crippen LogP contribution in [0.5, 0.6) is 0 Å². The number of carbonyl (C=O) groups is 1. The first-order valence-electron chi connectivity index (χ1n) is 5.91. The van der Waals surface area contributed by atoms with Crippen molar-refractivity contribution in [2.24, 2.45) is 11.7 Å². The molecule has 2 rings (SSSR count). The first-order valence-corrected chi connectivity index (χ1v) is 6.70. The summed E-state index contributed by atoms with van der Waals surface area (Å²) >= 11 is 3.55. The minimum absolute atomic E-state index is 0. The van der Waals surface area contributed by atoms with Gasteiger partial charge in [-0.3, -0.25) is 4.79 Å². The quantitative estimate of drug-likeness (QED) is 0.893. The van der Waals surface area contributed by atoms with E-state index in [1.54, 1.807) is 0 Å². The van der Waals surface area contributed by atoms with E-state index in [2.05, 4.69) is 27.3 Å². The maximum absolute atomic E-state index is 11.8. The standard InChI is InChI=1S/C13H17BrN2O.ClH/c1-8(7-15)13(17)16-12-6-5-9-10(12)3-2-4-11(9)14;/h2-4,8,12H,5-7,15H2,1H3,(H,16,17);1H. The number of hydrogen-bond donors (Lipinski definition) is 2. The lowest BCUT2D eigenvalue weighted by atomic mass is 10.1. The molecule has 1 aliphatic rings. The van der Waals surface area contributed by atoms with Crippen molar-refractivity contribution in [3.8, 4) is 0 Å². The molecule has 5 heteroatoms. The van der Waals surface area contributed by atoms with Gasteiger partial charge < -0.3 is 11.1 Å². The number of hydrogen-bond acceptors (Lipinski definition) is 2. The summed E-state index contributed by atoms with van der Waals surface area (Å²) in [6.07, 6.45) is 1.99. The van der Waals surface area contributed by atoms with Gasteiger partial charge in [-0.05, 0) is 30.0 Å². The van der Waals surface area contributed by atoms with Crippen molar-refractivity contribution in [2.75, 3.05) is 6.54 Å². The van der Waals surface area contributed by atoms with E-state index in [4.69, 9.17) is 5.73 Å². The smallest absolute Gasteiger partial charge is 0.224 e. The second kappa shape index (κ2) is 6.55. The van der Waals surface area contributed by atoms with E-state index in [1.165, 1.54) is 11.1 Å². The molecule has 3 N–H and O–H groups in total. The van der Waals surface area contributed by atoms with Gasteiger partial charge in [0.15, 0.2) is 0 Å². The zero-order valence-corrected chi connectivity index (χ0v) is 12.7. The highest BCUT2D eigenvalue weighted by molar-refractivity contribution is 9.10. The summed E-state index contributed by atoms with van der Waals surface area (Å²) in [6, 6.07) is 6.29. The highest BCUT2D eigenvalue weighted by Crippen LogP contribution is 2.35. The maximum atomic E-state index is 11.8. The van der Waals surface area contributed by atoms with Crippen LogP contribution < -0.4 is 11.1 Å². The summed E-state index contributed by atoms with van der Waals surface area (Å²) in [6.45, 7) is 2.25. The lowest BCUT2D eigenvalue weighted by Gasteiger charge is -2.17. The Morgan fingerprint density at radius 3 is 3.00 bits per heavy atom. The molecule has 1 amide bonds. The second-order valence-corrected chi connectivity index (χ2v) is 5.40. The van der Waals surface area contributed by atoms with Crippen LogP contribution >= 0.6 is 28.3 Å². The SMILES string of the molecule is CC(CN)C(=O)NC1CCc2c(Br)cccc21.Cl. The molecule has 0 bridgehead atoms. The molecule has 0 spiro atoms. The van der Waals surface area contributed by atoms with Crippen molar-refractivity contribution in [3.05, 3.63) is 33.8 Å². The van der Waals surface area contributed by atoms with Gasteiger partial charge in [-0.1, -0.05) is 35.0 Å². The Kier molecular flexibility index (Phi) is 5.63. The number of rotatable bonds is 3. The van der Waals surface area contributed by atoms with E-state index >= 15 is 0 Å². The maximum Gasteiger partial charge on any atom is 0.224 e. The Bertz CT molecular complexity index is 439. The van der Waals surface area contributed by atoms with Crippen LogP contribution in [0.2, 0.25) is 0 Å². The minimum Gasteiger partial charge on any atom is -0.349 e. The lowest BCUT2D eigenvalue weighted by Crippen LogP contribution is -2.35. The van der Waals surface area contributed by atoms with Crippen molar-refractivity contribution in [1.29, 1.82) is 0 Å². The second-order valence-electron chi connectivity index (χ2n) is 4.54. The topological polar surface area (TPSA) is 55.1 Å². The zero-order valence-electron chi connectivity index (χ0n) is 10.3. The number of benzene rings is 1. The van der Waals surface area contributed by atoms with Crippen molar-refractivity contribution in [2.45, 2.75) is 25.8 Å². The molecule has 18 heavy (non-hydrogen) atoms. The lowest BCUT2D eigenvalue weighted by molar-refractivity contribution is -0.124. The van der Waals surface area contributed by atoms with Gasteiger partial charge in [-0.15, -0.1) is 12.4 Å². The van der Waals surface area contributed by atoms with Crippen LogP contribution in [-0.4, -0.2) is 12.5 Å². The van der Waals surface area contributed by atoms with Crippen molar-refractivity contribution < 1.29 is 4.79 Å². The minimum atomic E-state index is -0.119. The third-order valence-electron chi connectivity index (χ3n) is 3.33. The summed E-state index contributed by atoms with van der Waals surface area (Å²) in [4.78, 5) is 11.8. The van der Waals surface area contributed by atoms with Crippen LogP contribution in [0.15, 0.2) is 22.7 Å². The molecule has 1 aromatic rings. The van der Waals surface area contributed by atoms with E-state index in [1.807, 2.05) is 19.1 Å². The summed E-state index contributed by atoms with van der Waals surface area (Å²) in [7, 11) is 0. The van der Waals surface area contributed by atoms with Crippen LogP contribution in [0.4, 0.5) is 0 Å². The summed E-state index contributed by atoms with van der Waals surface area (Å²) in [5.74, 6) is -0.0727. The van der Waals surface area contributed by atoms with Gasteiger partial charge in [0, 0.05) is 16.9 Å². The van der Waals surface area contributed by atoms with E-state index < -0.39 is 0 Å². The van der Waals surface area contributed by atoms with Crippen LogP contribution in [0.25, 0.3) is 0 Å². The summed E-state index contributed by atoms with van der Waals surface area (Å²) < 4.78 is 1.14. The number of fused-ring (bicyclic) bond motifs is 1. The number of halogens is 2. The Balaban J connectivity index is 0.00000162. The molecule has 2 unspecified atom stereocenters. The number of amides is 1. The molecule has 0 aliphatic heterocycles. The normalized spacial score (nSPS) is 18.7. The molecular weight excluding hydrogens is 316 g/mol. The first-order chi connectivity index (χ1) is 8.13. The van der Waals surface area contributed by atoms with E-state index in [0.717, 1.165) is 17.3 Å². The Morgan fingerprint density at radius 2 is 2.33 bits per heavy atom. The highest BCUT2D eigenvalue weighted by atomic mass is 79.9. The van der Waals surface area contributed by atoms with Gasteiger partial charge in [0.2, 0.25) is 5.91 Å². The zero-order chi connectivity index (χ0) is 12.4. The summed E-state index contributed by atoms with van der Waals surface area (Å²) in [5, 5.41) is 3.07. The van der Waals surface area contributed by atoms with Crippen molar-refractivity contribution in [3.63, 3.8) is 0 Å². The fourth-order valence-electron chi connectivity index (χ4n) is 2.18. The predicted octanol–water partition coefficient (Wildman–Crippen LogP) is 2.57. The Labute approximate surface area is 122 Å². The third-order valence-corrected chi connectivity index (χ3v) is 4.07. The van der Waals surface area contributed by atoms with E-state index in [-0.39, 0.29) is 30.3 Å². The average Bonchev–Trinajstić information content (AvgIpc) is 2.73. The first kappa shape index (κ1) is 15.5. The molecule has 1 aromatic carbocycles. The molecule has 1 aliphatic carbocycles.